The molecule has 2 aliphatic heterocycles. The Morgan fingerprint density at radius 1 is 1.24 bits per heavy atom. The average Bonchev–Trinajstić information content (AvgIpc) is 2.68. The molecule has 6 nitrogen and oxygen atoms in total. The lowest BCUT2D eigenvalue weighted by molar-refractivity contribution is -0.201. The molecular formula is C15H18N4O2. The standard InChI is InChI=1S/C15H18N4O2/c1-10-7-20-15(21-10)14(9-17)12(5-3-2-4-6-12)13(14,8-16)11(18)19-15/h10H,2-7H2,1H3,(H2,18,19)/t10-,13+,14-,15-/m1/s1. The molecule has 0 aromatic rings. The van der Waals surface area contributed by atoms with Gasteiger partial charge in [0.25, 0.3) is 5.91 Å². The molecule has 0 radical (unpaired) electrons. The number of amidine groups is 1. The Morgan fingerprint density at radius 2 is 1.95 bits per heavy atom. The number of nitrogens with zero attached hydrogens (tertiary/aromatic N) is 3. The average molecular weight is 286 g/mol. The Kier molecular flexibility index (Phi) is 2.22. The van der Waals surface area contributed by atoms with Gasteiger partial charge < -0.3 is 15.2 Å². The minimum absolute atomic E-state index is 0.150. The lowest BCUT2D eigenvalue weighted by Gasteiger charge is -2.33. The summed E-state index contributed by atoms with van der Waals surface area (Å²) in [6, 6.07) is 4.73. The molecule has 4 rings (SSSR count). The van der Waals surface area contributed by atoms with E-state index >= 15 is 0 Å². The first-order valence-corrected chi connectivity index (χ1v) is 7.56. The highest BCUT2D eigenvalue weighted by Crippen LogP contribution is 2.89. The van der Waals surface area contributed by atoms with Crippen LogP contribution in [0.4, 0.5) is 0 Å². The first-order valence-electron chi connectivity index (χ1n) is 7.56. The van der Waals surface area contributed by atoms with Crippen molar-refractivity contribution in [3.63, 3.8) is 0 Å². The third-order valence-electron chi connectivity index (χ3n) is 5.98. The van der Waals surface area contributed by atoms with Crippen LogP contribution in [-0.2, 0) is 9.47 Å². The lowest BCUT2D eigenvalue weighted by atomic mass is 9.76. The van der Waals surface area contributed by atoms with Gasteiger partial charge in [0.15, 0.2) is 5.41 Å². The van der Waals surface area contributed by atoms with Crippen LogP contribution in [0.15, 0.2) is 4.99 Å². The van der Waals surface area contributed by atoms with E-state index in [0.29, 0.717) is 6.61 Å². The van der Waals surface area contributed by atoms with Crippen LogP contribution in [0.3, 0.4) is 0 Å². The van der Waals surface area contributed by atoms with Gasteiger partial charge in [0.2, 0.25) is 0 Å². The van der Waals surface area contributed by atoms with Crippen molar-refractivity contribution < 1.29 is 9.47 Å². The zero-order valence-corrected chi connectivity index (χ0v) is 12.1. The summed E-state index contributed by atoms with van der Waals surface area (Å²) in [6.07, 6.45) is 4.62. The molecule has 0 aromatic heterocycles. The van der Waals surface area contributed by atoms with Crippen LogP contribution in [-0.4, -0.2) is 24.5 Å². The molecule has 0 amide bonds. The van der Waals surface area contributed by atoms with Gasteiger partial charge >= 0.3 is 0 Å². The second kappa shape index (κ2) is 3.58. The highest BCUT2D eigenvalue weighted by atomic mass is 16.8. The van der Waals surface area contributed by atoms with E-state index in [-0.39, 0.29) is 11.9 Å². The Labute approximate surface area is 123 Å². The zero-order chi connectivity index (χ0) is 14.9. The third kappa shape index (κ3) is 0.994. The fraction of sp³-hybridized carbons (Fsp3) is 0.800. The van der Waals surface area contributed by atoms with Crippen LogP contribution in [0, 0.1) is 38.9 Å². The number of hydrogen-bond donors (Lipinski definition) is 1. The number of ether oxygens (including phenoxy) is 2. The van der Waals surface area contributed by atoms with E-state index in [2.05, 4.69) is 17.1 Å². The Morgan fingerprint density at radius 3 is 2.48 bits per heavy atom. The van der Waals surface area contributed by atoms with E-state index in [9.17, 15) is 10.5 Å². The van der Waals surface area contributed by atoms with Gasteiger partial charge in [-0.3, -0.25) is 0 Å². The van der Waals surface area contributed by atoms with Crippen LogP contribution < -0.4 is 5.73 Å². The van der Waals surface area contributed by atoms with E-state index in [1.165, 1.54) is 0 Å². The van der Waals surface area contributed by atoms with Gasteiger partial charge in [-0.05, 0) is 19.8 Å². The summed E-state index contributed by atoms with van der Waals surface area (Å²) in [5, 5.41) is 19.9. The molecule has 4 atom stereocenters. The third-order valence-corrected chi connectivity index (χ3v) is 5.98. The number of fused-ring (bicyclic) bond motifs is 4. The largest absolute Gasteiger partial charge is 0.386 e. The molecule has 110 valence electrons. The molecule has 2 spiro atoms. The van der Waals surface area contributed by atoms with Crippen molar-refractivity contribution in [1.29, 1.82) is 10.5 Å². The number of nitrogens with two attached hydrogens (primary N) is 1. The quantitative estimate of drug-likeness (QED) is 0.725. The van der Waals surface area contributed by atoms with Crippen molar-refractivity contribution in [2.75, 3.05) is 6.61 Å². The predicted molar refractivity (Wildman–Crippen MR) is 72.5 cm³/mol. The van der Waals surface area contributed by atoms with Crippen molar-refractivity contribution in [1.82, 2.24) is 0 Å². The minimum atomic E-state index is -1.38. The second-order valence-corrected chi connectivity index (χ2v) is 6.68. The first-order chi connectivity index (χ1) is 10.1. The Bertz CT molecular complexity index is 627. The lowest BCUT2D eigenvalue weighted by Crippen LogP contribution is -2.42. The molecule has 0 bridgehead atoms. The molecule has 1 saturated heterocycles. The number of rotatable bonds is 0. The van der Waals surface area contributed by atoms with Crippen molar-refractivity contribution in [2.45, 2.75) is 51.0 Å². The highest BCUT2D eigenvalue weighted by molar-refractivity contribution is 6.00. The van der Waals surface area contributed by atoms with Crippen molar-refractivity contribution in [3.05, 3.63) is 0 Å². The first kappa shape index (κ1) is 13.1. The van der Waals surface area contributed by atoms with Gasteiger partial charge in [-0.1, -0.05) is 19.3 Å². The van der Waals surface area contributed by atoms with Crippen LogP contribution in [0.25, 0.3) is 0 Å². The second-order valence-electron chi connectivity index (χ2n) is 6.68. The maximum atomic E-state index is 10.0. The Hall–Kier alpha value is -1.63. The van der Waals surface area contributed by atoms with E-state index in [0.717, 1.165) is 32.1 Å². The minimum Gasteiger partial charge on any atom is -0.386 e. The SMILES string of the molecule is C[C@@H]1CO[C@@]2(N=C(N)[C@@]3(C#N)C4(CCCCC4)[C@@]23C#N)O1. The molecule has 21 heavy (non-hydrogen) atoms. The fourth-order valence-electron chi connectivity index (χ4n) is 5.24. The smallest absolute Gasteiger partial charge is 0.293 e. The van der Waals surface area contributed by atoms with Gasteiger partial charge in [0, 0.05) is 5.41 Å². The topological polar surface area (TPSA) is 104 Å². The van der Waals surface area contributed by atoms with Gasteiger partial charge in [-0.15, -0.1) is 0 Å². The van der Waals surface area contributed by atoms with Gasteiger partial charge in [-0.2, -0.15) is 10.5 Å². The maximum Gasteiger partial charge on any atom is 0.293 e. The van der Waals surface area contributed by atoms with Crippen LogP contribution in [0.5, 0.6) is 0 Å². The van der Waals surface area contributed by atoms with Crippen LogP contribution in [0.1, 0.15) is 39.0 Å². The molecule has 0 aromatic carbocycles. The Balaban J connectivity index is 1.93. The number of nitriles is 2. The fourth-order valence-corrected chi connectivity index (χ4v) is 5.24. The summed E-state index contributed by atoms with van der Waals surface area (Å²) in [6.45, 7) is 2.26. The number of aliphatic imine (C=N–C) groups is 1. The molecule has 2 aliphatic carbocycles. The zero-order valence-electron chi connectivity index (χ0n) is 12.1. The molecule has 3 fully saturated rings. The van der Waals surface area contributed by atoms with Gasteiger partial charge in [-0.25, -0.2) is 4.99 Å². The monoisotopic (exact) mass is 286 g/mol. The summed E-state index contributed by atoms with van der Waals surface area (Å²) >= 11 is 0. The molecular weight excluding hydrogens is 268 g/mol. The van der Waals surface area contributed by atoms with E-state index < -0.39 is 22.2 Å². The molecule has 2 N–H and O–H groups in total. The molecule has 2 heterocycles. The summed E-state index contributed by atoms with van der Waals surface area (Å²) in [5.41, 5.74) is 3.56. The predicted octanol–water partition coefficient (Wildman–Crippen LogP) is 1.43. The maximum absolute atomic E-state index is 10.0. The number of hydrogen-bond acceptors (Lipinski definition) is 6. The summed E-state index contributed by atoms with van der Waals surface area (Å²) in [7, 11) is 0. The van der Waals surface area contributed by atoms with Crippen molar-refractivity contribution in [3.8, 4) is 12.1 Å². The van der Waals surface area contributed by atoms with E-state index in [4.69, 9.17) is 15.2 Å². The molecule has 2 saturated carbocycles. The normalized spacial score (nSPS) is 49.5. The summed E-state index contributed by atoms with van der Waals surface area (Å²) in [5.74, 6) is -1.15. The molecule has 4 aliphatic rings. The molecule has 6 heteroatoms. The van der Waals surface area contributed by atoms with Crippen LogP contribution >= 0.6 is 0 Å². The van der Waals surface area contributed by atoms with E-state index in [1.807, 2.05) is 6.92 Å². The summed E-state index contributed by atoms with van der Waals surface area (Å²) < 4.78 is 11.7. The van der Waals surface area contributed by atoms with Crippen molar-refractivity contribution >= 4 is 5.84 Å². The highest BCUT2D eigenvalue weighted by Gasteiger charge is 3.00. The molecule has 0 unspecified atom stereocenters. The van der Waals surface area contributed by atoms with Gasteiger partial charge in [0.05, 0.1) is 24.8 Å². The van der Waals surface area contributed by atoms with Gasteiger partial charge in [0.1, 0.15) is 11.3 Å². The van der Waals surface area contributed by atoms with Crippen molar-refractivity contribution in [2.24, 2.45) is 27.0 Å². The summed E-state index contributed by atoms with van der Waals surface area (Å²) in [4.78, 5) is 4.34. The van der Waals surface area contributed by atoms with E-state index in [1.54, 1.807) is 0 Å². The van der Waals surface area contributed by atoms with Crippen LogP contribution in [0.2, 0.25) is 0 Å².